The first-order valence-corrected chi connectivity index (χ1v) is 9.61. The molecule has 5 rings (SSSR count). The SMILES string of the molecule is COc1cc2c(Nc3cc(F)cc(F)c3)ncnc2cc1O[C@@H]1CO[C@@H]2C1OC[C@H]2F. The molecule has 1 unspecified atom stereocenters. The van der Waals surface area contributed by atoms with Crippen molar-refractivity contribution in [1.82, 2.24) is 9.97 Å². The van der Waals surface area contributed by atoms with Crippen molar-refractivity contribution in [3.8, 4) is 11.5 Å². The van der Waals surface area contributed by atoms with Gasteiger partial charge in [-0.15, -0.1) is 0 Å². The van der Waals surface area contributed by atoms with Gasteiger partial charge in [0.1, 0.15) is 36.0 Å². The molecule has 3 heterocycles. The molecule has 2 aliphatic heterocycles. The first-order valence-electron chi connectivity index (χ1n) is 9.61. The normalized spacial score (nSPS) is 24.9. The summed E-state index contributed by atoms with van der Waals surface area (Å²) in [6, 6.07) is 6.40. The number of alkyl halides is 1. The molecule has 1 aromatic heterocycles. The largest absolute Gasteiger partial charge is 0.493 e. The number of methoxy groups -OCH3 is 1. The van der Waals surface area contributed by atoms with Crippen molar-refractivity contribution in [1.29, 1.82) is 0 Å². The summed E-state index contributed by atoms with van der Waals surface area (Å²) in [7, 11) is 1.48. The maximum atomic E-state index is 13.8. The molecule has 10 heteroatoms. The lowest BCUT2D eigenvalue weighted by molar-refractivity contribution is 0.0271. The molecule has 2 fully saturated rings. The fourth-order valence-corrected chi connectivity index (χ4v) is 3.86. The number of rotatable bonds is 5. The third-order valence-corrected chi connectivity index (χ3v) is 5.27. The molecule has 0 spiro atoms. The molecule has 2 saturated heterocycles. The number of ether oxygens (including phenoxy) is 4. The minimum atomic E-state index is -1.17. The monoisotopic (exact) mass is 433 g/mol. The van der Waals surface area contributed by atoms with E-state index in [9.17, 15) is 13.2 Å². The van der Waals surface area contributed by atoms with Crippen LogP contribution < -0.4 is 14.8 Å². The highest BCUT2D eigenvalue weighted by atomic mass is 19.1. The first kappa shape index (κ1) is 19.8. The Morgan fingerprint density at radius 1 is 0.968 bits per heavy atom. The fourth-order valence-electron chi connectivity index (χ4n) is 3.86. The highest BCUT2D eigenvalue weighted by Crippen LogP contribution is 2.38. The Labute approximate surface area is 175 Å². The number of fused-ring (bicyclic) bond motifs is 2. The van der Waals surface area contributed by atoms with E-state index in [0.29, 0.717) is 28.2 Å². The van der Waals surface area contributed by atoms with E-state index < -0.39 is 36.1 Å². The maximum Gasteiger partial charge on any atom is 0.164 e. The molecular weight excluding hydrogens is 415 g/mol. The van der Waals surface area contributed by atoms with Gasteiger partial charge >= 0.3 is 0 Å². The van der Waals surface area contributed by atoms with Crippen LogP contribution in [0, 0.1) is 11.6 Å². The van der Waals surface area contributed by atoms with Gasteiger partial charge in [-0.25, -0.2) is 23.1 Å². The number of aromatic nitrogens is 2. The zero-order chi connectivity index (χ0) is 21.5. The predicted octanol–water partition coefficient (Wildman–Crippen LogP) is 3.54. The minimum Gasteiger partial charge on any atom is -0.493 e. The van der Waals surface area contributed by atoms with Gasteiger partial charge in [-0.2, -0.15) is 0 Å². The van der Waals surface area contributed by atoms with E-state index in [0.717, 1.165) is 18.2 Å². The third-order valence-electron chi connectivity index (χ3n) is 5.27. The maximum absolute atomic E-state index is 13.8. The lowest BCUT2D eigenvalue weighted by Crippen LogP contribution is -2.33. The van der Waals surface area contributed by atoms with Gasteiger partial charge < -0.3 is 24.3 Å². The van der Waals surface area contributed by atoms with Gasteiger partial charge in [-0.05, 0) is 18.2 Å². The quantitative estimate of drug-likeness (QED) is 0.660. The number of nitrogens with zero attached hydrogens (tertiary/aromatic N) is 2. The van der Waals surface area contributed by atoms with E-state index in [2.05, 4.69) is 15.3 Å². The molecule has 0 bridgehead atoms. The van der Waals surface area contributed by atoms with E-state index >= 15 is 0 Å². The van der Waals surface area contributed by atoms with Crippen LogP contribution in [-0.2, 0) is 9.47 Å². The van der Waals surface area contributed by atoms with Gasteiger partial charge in [0.05, 0.1) is 25.8 Å². The molecular formula is C21H18F3N3O4. The second-order valence-electron chi connectivity index (χ2n) is 7.29. The van der Waals surface area contributed by atoms with Gasteiger partial charge in [0.15, 0.2) is 23.8 Å². The van der Waals surface area contributed by atoms with Crippen molar-refractivity contribution in [2.45, 2.75) is 24.5 Å². The first-order chi connectivity index (χ1) is 15.0. The zero-order valence-corrected chi connectivity index (χ0v) is 16.3. The van der Waals surface area contributed by atoms with E-state index in [-0.39, 0.29) is 18.9 Å². The van der Waals surface area contributed by atoms with Gasteiger partial charge in [-0.3, -0.25) is 0 Å². The number of nitrogens with one attached hydrogen (secondary N) is 1. The molecule has 0 saturated carbocycles. The summed E-state index contributed by atoms with van der Waals surface area (Å²) < 4.78 is 63.3. The minimum absolute atomic E-state index is 0.0209. The van der Waals surface area contributed by atoms with Crippen LogP contribution in [0.3, 0.4) is 0 Å². The zero-order valence-electron chi connectivity index (χ0n) is 16.3. The van der Waals surface area contributed by atoms with E-state index in [1.165, 1.54) is 13.4 Å². The smallest absolute Gasteiger partial charge is 0.164 e. The molecule has 7 nitrogen and oxygen atoms in total. The molecule has 0 amide bonds. The third kappa shape index (κ3) is 3.72. The van der Waals surface area contributed by atoms with Crippen LogP contribution in [0.4, 0.5) is 24.7 Å². The molecule has 31 heavy (non-hydrogen) atoms. The van der Waals surface area contributed by atoms with Gasteiger partial charge in [-0.1, -0.05) is 0 Å². The van der Waals surface area contributed by atoms with E-state index in [4.69, 9.17) is 18.9 Å². The number of anilines is 2. The van der Waals surface area contributed by atoms with Crippen LogP contribution in [0.15, 0.2) is 36.7 Å². The Hall–Kier alpha value is -3.11. The summed E-state index contributed by atoms with van der Waals surface area (Å²) in [6.07, 6.45) is -1.49. The summed E-state index contributed by atoms with van der Waals surface area (Å²) in [5.74, 6) is -0.319. The van der Waals surface area contributed by atoms with Crippen molar-refractivity contribution in [3.63, 3.8) is 0 Å². The molecule has 3 aromatic rings. The molecule has 0 aliphatic carbocycles. The second kappa shape index (κ2) is 7.86. The predicted molar refractivity (Wildman–Crippen MR) is 105 cm³/mol. The van der Waals surface area contributed by atoms with Gasteiger partial charge in [0.2, 0.25) is 0 Å². The van der Waals surface area contributed by atoms with Crippen molar-refractivity contribution in [2.75, 3.05) is 25.6 Å². The standard InChI is InChI=1S/C21H18F3N3O4/c1-28-16-5-13-15(6-17(16)31-18-8-30-19-14(24)7-29-20(18)19)25-9-26-21(13)27-12-3-10(22)2-11(23)4-12/h2-6,9,14,18-20H,7-8H2,1H3,(H,25,26,27)/t14-,18-,19+,20?/m1/s1. The van der Waals surface area contributed by atoms with E-state index in [1.54, 1.807) is 12.1 Å². The average molecular weight is 433 g/mol. The van der Waals surface area contributed by atoms with Crippen LogP contribution in [-0.4, -0.2) is 54.8 Å². The van der Waals surface area contributed by atoms with Gasteiger partial charge in [0, 0.05) is 23.2 Å². The Morgan fingerprint density at radius 3 is 2.52 bits per heavy atom. The topological polar surface area (TPSA) is 74.7 Å². The highest BCUT2D eigenvalue weighted by molar-refractivity contribution is 5.93. The number of halogens is 3. The Kier molecular flexibility index (Phi) is 5.03. The Balaban J connectivity index is 1.46. The molecule has 162 valence electrons. The number of hydrogen-bond acceptors (Lipinski definition) is 7. The molecule has 2 aromatic carbocycles. The average Bonchev–Trinajstić information content (AvgIpc) is 3.30. The Bertz CT molecular complexity index is 1110. The van der Waals surface area contributed by atoms with Crippen LogP contribution in [0.25, 0.3) is 10.9 Å². The fraction of sp³-hybridized carbons (Fsp3) is 0.333. The van der Waals surface area contributed by atoms with Crippen molar-refractivity contribution in [3.05, 3.63) is 48.3 Å². The van der Waals surface area contributed by atoms with E-state index in [1.807, 2.05) is 0 Å². The Morgan fingerprint density at radius 2 is 1.74 bits per heavy atom. The van der Waals surface area contributed by atoms with Crippen LogP contribution in [0.2, 0.25) is 0 Å². The summed E-state index contributed by atoms with van der Waals surface area (Å²) in [4.78, 5) is 8.43. The van der Waals surface area contributed by atoms with Crippen molar-refractivity contribution >= 4 is 22.4 Å². The van der Waals surface area contributed by atoms with Crippen LogP contribution >= 0.6 is 0 Å². The number of hydrogen-bond donors (Lipinski definition) is 1. The van der Waals surface area contributed by atoms with Crippen LogP contribution in [0.1, 0.15) is 0 Å². The molecule has 4 atom stereocenters. The lowest BCUT2D eigenvalue weighted by Gasteiger charge is -2.20. The van der Waals surface area contributed by atoms with Crippen molar-refractivity contribution < 1.29 is 32.1 Å². The number of benzene rings is 2. The molecule has 2 aliphatic rings. The molecule has 0 radical (unpaired) electrons. The summed E-state index contributed by atoms with van der Waals surface area (Å²) in [5.41, 5.74) is 0.710. The molecule has 1 N–H and O–H groups in total. The van der Waals surface area contributed by atoms with Crippen molar-refractivity contribution in [2.24, 2.45) is 0 Å². The highest BCUT2D eigenvalue weighted by Gasteiger charge is 2.49. The second-order valence-corrected chi connectivity index (χ2v) is 7.29. The lowest BCUT2D eigenvalue weighted by atomic mass is 10.1. The summed E-state index contributed by atoms with van der Waals surface area (Å²) in [5, 5.41) is 3.45. The summed E-state index contributed by atoms with van der Waals surface area (Å²) >= 11 is 0. The van der Waals surface area contributed by atoms with Gasteiger partial charge in [0.25, 0.3) is 0 Å². The van der Waals surface area contributed by atoms with Crippen LogP contribution in [0.5, 0.6) is 11.5 Å². The summed E-state index contributed by atoms with van der Waals surface area (Å²) in [6.45, 7) is 0.172.